The van der Waals surface area contributed by atoms with Crippen molar-refractivity contribution in [1.82, 2.24) is 5.43 Å². The minimum Gasteiger partial charge on any atom is -0.497 e. The van der Waals surface area contributed by atoms with E-state index < -0.39 is 5.97 Å². The van der Waals surface area contributed by atoms with Crippen molar-refractivity contribution in [2.75, 3.05) is 7.11 Å². The first kappa shape index (κ1) is 20.5. The Morgan fingerprint density at radius 3 is 2.13 bits per heavy atom. The lowest BCUT2D eigenvalue weighted by Gasteiger charge is -2.02. The van der Waals surface area contributed by atoms with Crippen molar-refractivity contribution in [2.24, 2.45) is 5.10 Å². The Bertz CT molecular complexity index is 1040. The summed E-state index contributed by atoms with van der Waals surface area (Å²) in [6.45, 7) is 0. The molecule has 3 aromatic carbocycles. The van der Waals surface area contributed by atoms with E-state index in [-0.39, 0.29) is 5.91 Å². The zero-order valence-corrected chi connectivity index (χ0v) is 16.3. The van der Waals surface area contributed by atoms with E-state index in [0.29, 0.717) is 11.3 Å². The van der Waals surface area contributed by atoms with E-state index in [1.807, 2.05) is 30.3 Å². The molecule has 3 rings (SSSR count). The van der Waals surface area contributed by atoms with E-state index in [2.05, 4.69) is 10.5 Å². The molecule has 1 amide bonds. The van der Waals surface area contributed by atoms with Crippen LogP contribution in [0.25, 0.3) is 6.08 Å². The predicted molar refractivity (Wildman–Crippen MR) is 116 cm³/mol. The fraction of sp³-hybridized carbons (Fsp3) is 0.0417. The van der Waals surface area contributed by atoms with Gasteiger partial charge in [-0.1, -0.05) is 30.3 Å². The van der Waals surface area contributed by atoms with Crippen LogP contribution < -0.4 is 14.9 Å². The number of rotatable bonds is 7. The SMILES string of the molecule is COc1ccc(C=CC(=O)Oc2ccc(C=NNC(=O)c3ccccc3)cc2)cc1. The van der Waals surface area contributed by atoms with E-state index in [1.54, 1.807) is 61.7 Å². The largest absolute Gasteiger partial charge is 0.497 e. The highest BCUT2D eigenvalue weighted by Gasteiger charge is 2.03. The van der Waals surface area contributed by atoms with Gasteiger partial charge in [0.1, 0.15) is 11.5 Å². The van der Waals surface area contributed by atoms with Gasteiger partial charge < -0.3 is 9.47 Å². The first-order valence-corrected chi connectivity index (χ1v) is 9.16. The standard InChI is InChI=1S/C24H20N2O4/c1-29-21-12-7-18(8-13-21)11-16-23(27)30-22-14-9-19(10-15-22)17-25-26-24(28)20-5-3-2-4-6-20/h2-17H,1H3,(H,26,28). The summed E-state index contributed by atoms with van der Waals surface area (Å²) in [4.78, 5) is 23.9. The molecular formula is C24H20N2O4. The molecule has 6 nitrogen and oxygen atoms in total. The lowest BCUT2D eigenvalue weighted by Crippen LogP contribution is -2.17. The van der Waals surface area contributed by atoms with Gasteiger partial charge in [0.2, 0.25) is 0 Å². The smallest absolute Gasteiger partial charge is 0.336 e. The zero-order chi connectivity index (χ0) is 21.2. The molecule has 0 aliphatic rings. The third kappa shape index (κ3) is 6.17. The maximum absolute atomic E-state index is 12.0. The number of amides is 1. The van der Waals surface area contributed by atoms with Crippen molar-refractivity contribution in [3.63, 3.8) is 0 Å². The van der Waals surface area contributed by atoms with Crippen LogP contribution in [-0.4, -0.2) is 25.2 Å². The normalized spacial score (nSPS) is 10.8. The summed E-state index contributed by atoms with van der Waals surface area (Å²) in [5.74, 6) is 0.381. The molecule has 0 atom stereocenters. The second-order valence-electron chi connectivity index (χ2n) is 6.16. The fourth-order valence-corrected chi connectivity index (χ4v) is 2.47. The highest BCUT2D eigenvalue weighted by atomic mass is 16.5. The number of hydrazone groups is 1. The number of hydrogen-bond donors (Lipinski definition) is 1. The third-order valence-corrected chi connectivity index (χ3v) is 4.04. The molecule has 3 aromatic rings. The summed E-state index contributed by atoms with van der Waals surface area (Å²) in [6.07, 6.45) is 4.53. The van der Waals surface area contributed by atoms with Gasteiger partial charge in [-0.3, -0.25) is 4.79 Å². The molecule has 0 saturated heterocycles. The number of benzene rings is 3. The number of nitrogens with one attached hydrogen (secondary N) is 1. The Balaban J connectivity index is 1.50. The van der Waals surface area contributed by atoms with Crippen molar-refractivity contribution in [3.05, 3.63) is 102 Å². The first-order chi connectivity index (χ1) is 14.6. The van der Waals surface area contributed by atoms with E-state index in [9.17, 15) is 9.59 Å². The van der Waals surface area contributed by atoms with Crippen LogP contribution in [0, 0.1) is 0 Å². The molecule has 0 heterocycles. The number of esters is 1. The van der Waals surface area contributed by atoms with Crippen molar-refractivity contribution in [1.29, 1.82) is 0 Å². The molecule has 0 aromatic heterocycles. The molecule has 0 spiro atoms. The maximum Gasteiger partial charge on any atom is 0.336 e. The number of ether oxygens (including phenoxy) is 2. The quantitative estimate of drug-likeness (QED) is 0.213. The van der Waals surface area contributed by atoms with Crippen molar-refractivity contribution < 1.29 is 19.1 Å². The van der Waals surface area contributed by atoms with Crippen LogP contribution in [0.4, 0.5) is 0 Å². The summed E-state index contributed by atoms with van der Waals surface area (Å²) in [5, 5.41) is 3.93. The van der Waals surface area contributed by atoms with Crippen molar-refractivity contribution in [2.45, 2.75) is 0 Å². The Morgan fingerprint density at radius 2 is 1.47 bits per heavy atom. The van der Waals surface area contributed by atoms with Gasteiger partial charge in [0, 0.05) is 11.6 Å². The van der Waals surface area contributed by atoms with E-state index in [0.717, 1.165) is 16.9 Å². The molecular weight excluding hydrogens is 380 g/mol. The minimum absolute atomic E-state index is 0.291. The molecule has 1 N–H and O–H groups in total. The fourth-order valence-electron chi connectivity index (χ4n) is 2.47. The average Bonchev–Trinajstić information content (AvgIpc) is 2.79. The average molecular weight is 400 g/mol. The van der Waals surface area contributed by atoms with E-state index >= 15 is 0 Å². The summed E-state index contributed by atoms with van der Waals surface area (Å²) in [6, 6.07) is 22.9. The van der Waals surface area contributed by atoms with Gasteiger partial charge in [0.05, 0.1) is 13.3 Å². The van der Waals surface area contributed by atoms with Crippen LogP contribution in [0.15, 0.2) is 90.0 Å². The van der Waals surface area contributed by atoms with Gasteiger partial charge >= 0.3 is 5.97 Å². The topological polar surface area (TPSA) is 77.0 Å². The first-order valence-electron chi connectivity index (χ1n) is 9.16. The highest BCUT2D eigenvalue weighted by molar-refractivity contribution is 5.94. The second-order valence-corrected chi connectivity index (χ2v) is 6.16. The molecule has 0 radical (unpaired) electrons. The Morgan fingerprint density at radius 1 is 0.833 bits per heavy atom. The molecule has 30 heavy (non-hydrogen) atoms. The monoisotopic (exact) mass is 400 g/mol. The number of carbonyl (C=O) groups excluding carboxylic acids is 2. The number of carbonyl (C=O) groups is 2. The zero-order valence-electron chi connectivity index (χ0n) is 16.3. The molecule has 6 heteroatoms. The number of nitrogens with zero attached hydrogens (tertiary/aromatic N) is 1. The number of methoxy groups -OCH3 is 1. The summed E-state index contributed by atoms with van der Waals surface area (Å²) < 4.78 is 10.4. The van der Waals surface area contributed by atoms with Crippen molar-refractivity contribution >= 4 is 24.2 Å². The third-order valence-electron chi connectivity index (χ3n) is 4.04. The second kappa shape index (κ2) is 10.4. The van der Waals surface area contributed by atoms with Gasteiger partial charge in [-0.25, -0.2) is 10.2 Å². The number of hydrogen-bond acceptors (Lipinski definition) is 5. The van der Waals surface area contributed by atoms with E-state index in [1.165, 1.54) is 12.3 Å². The summed E-state index contributed by atoms with van der Waals surface area (Å²) in [7, 11) is 1.60. The molecule has 0 aliphatic carbocycles. The van der Waals surface area contributed by atoms with Crippen LogP contribution in [0.3, 0.4) is 0 Å². The minimum atomic E-state index is -0.484. The molecule has 0 aliphatic heterocycles. The lowest BCUT2D eigenvalue weighted by molar-refractivity contribution is -0.128. The summed E-state index contributed by atoms with van der Waals surface area (Å²) in [5.41, 5.74) is 4.59. The van der Waals surface area contributed by atoms with Gasteiger partial charge in [-0.2, -0.15) is 5.10 Å². The van der Waals surface area contributed by atoms with Crippen LogP contribution >= 0.6 is 0 Å². The molecule has 0 unspecified atom stereocenters. The van der Waals surface area contributed by atoms with Crippen LogP contribution in [-0.2, 0) is 4.79 Å². The van der Waals surface area contributed by atoms with Crippen LogP contribution in [0.1, 0.15) is 21.5 Å². The highest BCUT2D eigenvalue weighted by Crippen LogP contribution is 2.14. The van der Waals surface area contributed by atoms with Gasteiger partial charge in [0.25, 0.3) is 5.91 Å². The Kier molecular flexibility index (Phi) is 7.11. The maximum atomic E-state index is 12.0. The molecule has 150 valence electrons. The van der Waals surface area contributed by atoms with Crippen LogP contribution in [0.5, 0.6) is 11.5 Å². The van der Waals surface area contributed by atoms with Crippen molar-refractivity contribution in [3.8, 4) is 11.5 Å². The molecule has 0 saturated carbocycles. The molecule has 0 fully saturated rings. The Labute approximate surface area is 174 Å². The van der Waals surface area contributed by atoms with Crippen LogP contribution in [0.2, 0.25) is 0 Å². The van der Waals surface area contributed by atoms with Gasteiger partial charge in [-0.15, -0.1) is 0 Å². The molecule has 0 bridgehead atoms. The lowest BCUT2D eigenvalue weighted by atomic mass is 10.2. The van der Waals surface area contributed by atoms with E-state index in [4.69, 9.17) is 9.47 Å². The van der Waals surface area contributed by atoms with Gasteiger partial charge in [0.15, 0.2) is 0 Å². The summed E-state index contributed by atoms with van der Waals surface area (Å²) >= 11 is 0. The Hall–Kier alpha value is -4.19. The predicted octanol–water partition coefficient (Wildman–Crippen LogP) is 4.08. The van der Waals surface area contributed by atoms with Gasteiger partial charge in [-0.05, 0) is 65.7 Å².